The van der Waals surface area contributed by atoms with Crippen LogP contribution in [0, 0.1) is 0 Å². The van der Waals surface area contributed by atoms with E-state index in [-0.39, 0.29) is 11.5 Å². The minimum Gasteiger partial charge on any atom is -0.459 e. The number of carbonyl (C=O) groups is 1. The molecule has 1 atom stereocenters. The molecule has 6 heteroatoms. The van der Waals surface area contributed by atoms with Crippen LogP contribution in [0.3, 0.4) is 0 Å². The molecule has 132 valence electrons. The fourth-order valence-electron chi connectivity index (χ4n) is 3.88. The summed E-state index contributed by atoms with van der Waals surface area (Å²) in [6.07, 6.45) is 7.19. The number of likely N-dealkylation sites (tertiary alicyclic amines) is 1. The van der Waals surface area contributed by atoms with Gasteiger partial charge < -0.3 is 14.1 Å². The van der Waals surface area contributed by atoms with E-state index in [0.717, 1.165) is 39.0 Å². The Morgan fingerprint density at radius 3 is 3.00 bits per heavy atom. The second-order valence-electron chi connectivity index (χ2n) is 6.91. The third-order valence-electron chi connectivity index (χ3n) is 5.02. The molecular weight excluding hydrogens is 318 g/mol. The van der Waals surface area contributed by atoms with E-state index in [2.05, 4.69) is 16.0 Å². The molecule has 0 N–H and O–H groups in total. The van der Waals surface area contributed by atoms with Crippen molar-refractivity contribution in [2.24, 2.45) is 0 Å². The molecule has 0 aromatic carbocycles. The summed E-state index contributed by atoms with van der Waals surface area (Å²) in [4.78, 5) is 21.1. The highest BCUT2D eigenvalue weighted by Crippen LogP contribution is 2.30. The molecule has 2 saturated heterocycles. The van der Waals surface area contributed by atoms with Gasteiger partial charge in [0.05, 0.1) is 25.0 Å². The molecule has 0 saturated carbocycles. The van der Waals surface area contributed by atoms with Crippen LogP contribution < -0.4 is 0 Å². The normalized spacial score (nSPS) is 24.6. The van der Waals surface area contributed by atoms with Crippen molar-refractivity contribution in [2.75, 3.05) is 32.8 Å². The average Bonchev–Trinajstić information content (AvgIpc) is 3.17. The van der Waals surface area contributed by atoms with Gasteiger partial charge in [0.15, 0.2) is 5.76 Å². The van der Waals surface area contributed by atoms with Gasteiger partial charge in [0.25, 0.3) is 5.91 Å². The Balaban J connectivity index is 1.44. The number of piperidine rings is 1. The predicted octanol–water partition coefficient (Wildman–Crippen LogP) is 2.18. The van der Waals surface area contributed by atoms with E-state index in [1.54, 1.807) is 24.6 Å². The van der Waals surface area contributed by atoms with Gasteiger partial charge in [0, 0.05) is 38.6 Å². The monoisotopic (exact) mass is 341 g/mol. The van der Waals surface area contributed by atoms with E-state index in [4.69, 9.17) is 9.15 Å². The maximum Gasteiger partial charge on any atom is 0.289 e. The Bertz CT molecular complexity index is 700. The fourth-order valence-corrected chi connectivity index (χ4v) is 3.88. The number of ether oxygens (including phenoxy) is 1. The summed E-state index contributed by atoms with van der Waals surface area (Å²) in [6.45, 7) is 4.68. The first kappa shape index (κ1) is 16.3. The van der Waals surface area contributed by atoms with Gasteiger partial charge in [-0.15, -0.1) is 0 Å². The second kappa shape index (κ2) is 6.98. The summed E-state index contributed by atoms with van der Waals surface area (Å²) in [7, 11) is 0. The zero-order valence-electron chi connectivity index (χ0n) is 14.3. The van der Waals surface area contributed by atoms with Crippen LogP contribution >= 0.6 is 0 Å². The van der Waals surface area contributed by atoms with Crippen LogP contribution in [0.5, 0.6) is 0 Å². The zero-order chi connectivity index (χ0) is 17.1. The maximum absolute atomic E-state index is 12.6. The molecule has 4 rings (SSSR count). The standard InChI is InChI=1S/C19H23N3O3/c23-18(17-5-2-10-24-17)22-8-3-6-19(15-22)14-21(9-11-25-19)13-16-4-1-7-20-12-16/h1-2,4-5,7,10,12H,3,6,8-9,11,13-15H2. The van der Waals surface area contributed by atoms with Gasteiger partial charge >= 0.3 is 0 Å². The molecule has 4 heterocycles. The van der Waals surface area contributed by atoms with Gasteiger partial charge in [-0.05, 0) is 36.6 Å². The van der Waals surface area contributed by atoms with Gasteiger partial charge in [-0.2, -0.15) is 0 Å². The zero-order valence-corrected chi connectivity index (χ0v) is 14.3. The number of hydrogen-bond donors (Lipinski definition) is 0. The molecule has 1 spiro atoms. The molecule has 25 heavy (non-hydrogen) atoms. The first-order chi connectivity index (χ1) is 12.2. The lowest BCUT2D eigenvalue weighted by atomic mass is 9.90. The van der Waals surface area contributed by atoms with Gasteiger partial charge in [-0.25, -0.2) is 0 Å². The quantitative estimate of drug-likeness (QED) is 0.856. The fraction of sp³-hybridized carbons (Fsp3) is 0.474. The summed E-state index contributed by atoms with van der Waals surface area (Å²) < 4.78 is 11.5. The number of aromatic nitrogens is 1. The molecule has 2 aliphatic rings. The Hall–Kier alpha value is -2.18. The Labute approximate surface area is 147 Å². The van der Waals surface area contributed by atoms with Crippen molar-refractivity contribution in [3.05, 3.63) is 54.2 Å². The highest BCUT2D eigenvalue weighted by Gasteiger charge is 2.42. The molecule has 2 aromatic heterocycles. The first-order valence-corrected chi connectivity index (χ1v) is 8.82. The van der Waals surface area contributed by atoms with Crippen molar-refractivity contribution in [2.45, 2.75) is 25.0 Å². The van der Waals surface area contributed by atoms with E-state index < -0.39 is 0 Å². The van der Waals surface area contributed by atoms with Crippen LogP contribution in [0.15, 0.2) is 47.3 Å². The lowest BCUT2D eigenvalue weighted by Crippen LogP contribution is -2.60. The minimum atomic E-state index is -0.277. The van der Waals surface area contributed by atoms with Crippen LogP contribution in [0.2, 0.25) is 0 Å². The van der Waals surface area contributed by atoms with Crippen molar-refractivity contribution in [1.82, 2.24) is 14.8 Å². The van der Waals surface area contributed by atoms with Crippen LogP contribution in [0.1, 0.15) is 29.0 Å². The summed E-state index contributed by atoms with van der Waals surface area (Å²) in [5.74, 6) is 0.358. The molecule has 0 aliphatic carbocycles. The highest BCUT2D eigenvalue weighted by atomic mass is 16.5. The van der Waals surface area contributed by atoms with Gasteiger partial charge in [0.1, 0.15) is 0 Å². The molecule has 6 nitrogen and oxygen atoms in total. The van der Waals surface area contributed by atoms with Gasteiger partial charge in [-0.1, -0.05) is 6.07 Å². The second-order valence-corrected chi connectivity index (χ2v) is 6.91. The number of morpholine rings is 1. The molecule has 1 amide bonds. The molecule has 2 fully saturated rings. The Morgan fingerprint density at radius 2 is 2.20 bits per heavy atom. The molecule has 2 aliphatic heterocycles. The Morgan fingerprint density at radius 1 is 1.24 bits per heavy atom. The minimum absolute atomic E-state index is 0.0444. The number of rotatable bonds is 3. The number of nitrogens with zero attached hydrogens (tertiary/aromatic N) is 3. The lowest BCUT2D eigenvalue weighted by Gasteiger charge is -2.48. The van der Waals surface area contributed by atoms with E-state index in [1.807, 2.05) is 17.2 Å². The molecular formula is C19H23N3O3. The molecule has 0 radical (unpaired) electrons. The van der Waals surface area contributed by atoms with Crippen LogP contribution in [-0.2, 0) is 11.3 Å². The summed E-state index contributed by atoms with van der Waals surface area (Å²) >= 11 is 0. The molecule has 2 aromatic rings. The van der Waals surface area contributed by atoms with E-state index in [9.17, 15) is 4.79 Å². The van der Waals surface area contributed by atoms with Crippen molar-refractivity contribution in [1.29, 1.82) is 0 Å². The van der Waals surface area contributed by atoms with Gasteiger partial charge in [0.2, 0.25) is 0 Å². The number of furan rings is 1. The topological polar surface area (TPSA) is 58.8 Å². The molecule has 1 unspecified atom stereocenters. The van der Waals surface area contributed by atoms with Crippen molar-refractivity contribution >= 4 is 5.91 Å². The summed E-state index contributed by atoms with van der Waals surface area (Å²) in [6, 6.07) is 7.54. The number of carbonyl (C=O) groups excluding carboxylic acids is 1. The van der Waals surface area contributed by atoms with Crippen LogP contribution in [-0.4, -0.2) is 59.1 Å². The summed E-state index contributed by atoms with van der Waals surface area (Å²) in [5.41, 5.74) is 0.930. The van der Waals surface area contributed by atoms with Crippen molar-refractivity contribution in [3.8, 4) is 0 Å². The maximum atomic E-state index is 12.6. The largest absolute Gasteiger partial charge is 0.459 e. The van der Waals surface area contributed by atoms with E-state index in [1.165, 1.54) is 5.56 Å². The first-order valence-electron chi connectivity index (χ1n) is 8.82. The SMILES string of the molecule is O=C(c1ccco1)N1CCCC2(CN(Cc3cccnc3)CCO2)C1. The Kier molecular flexibility index (Phi) is 4.55. The molecule has 0 bridgehead atoms. The predicted molar refractivity (Wildman–Crippen MR) is 92.0 cm³/mol. The van der Waals surface area contributed by atoms with Crippen LogP contribution in [0.4, 0.5) is 0 Å². The van der Waals surface area contributed by atoms with Crippen molar-refractivity contribution in [3.63, 3.8) is 0 Å². The third-order valence-corrected chi connectivity index (χ3v) is 5.02. The number of hydrogen-bond acceptors (Lipinski definition) is 5. The van der Waals surface area contributed by atoms with E-state index >= 15 is 0 Å². The average molecular weight is 341 g/mol. The van der Waals surface area contributed by atoms with E-state index in [0.29, 0.717) is 18.9 Å². The summed E-state index contributed by atoms with van der Waals surface area (Å²) in [5, 5.41) is 0. The number of amides is 1. The smallest absolute Gasteiger partial charge is 0.289 e. The third kappa shape index (κ3) is 3.60. The highest BCUT2D eigenvalue weighted by molar-refractivity contribution is 5.91. The number of pyridine rings is 1. The van der Waals surface area contributed by atoms with Gasteiger partial charge in [-0.3, -0.25) is 14.7 Å². The lowest BCUT2D eigenvalue weighted by molar-refractivity contribution is -0.136. The van der Waals surface area contributed by atoms with Crippen molar-refractivity contribution < 1.29 is 13.9 Å². The van der Waals surface area contributed by atoms with Crippen LogP contribution in [0.25, 0.3) is 0 Å².